The number of hydrogen-bond donors (Lipinski definition) is 4. The largest absolute Gasteiger partial charge is 0.436 e. The number of hydrogen-bond acceptors (Lipinski definition) is 7. The van der Waals surface area contributed by atoms with Crippen LogP contribution in [0, 0.1) is 0 Å². The maximum atomic E-state index is 13.8. The van der Waals surface area contributed by atoms with Crippen LogP contribution >= 0.6 is 0 Å². The molecule has 2 fully saturated rings. The van der Waals surface area contributed by atoms with Crippen LogP contribution in [0.3, 0.4) is 0 Å². The van der Waals surface area contributed by atoms with Gasteiger partial charge in [0.25, 0.3) is 0 Å². The van der Waals surface area contributed by atoms with E-state index in [1.54, 1.807) is 6.20 Å². The number of carbonyl (C=O) groups excluding carboxylic acids is 2. The first-order chi connectivity index (χ1) is 22.5. The van der Waals surface area contributed by atoms with Crippen LogP contribution in [0.15, 0.2) is 77.3 Å². The van der Waals surface area contributed by atoms with Gasteiger partial charge in [0.05, 0.1) is 40.4 Å². The molecule has 0 unspecified atom stereocenters. The molecule has 46 heavy (non-hydrogen) atoms. The molecule has 6 aromatic rings. The quantitative estimate of drug-likeness (QED) is 0.180. The number of aromatic nitrogens is 5. The number of amides is 2. The van der Waals surface area contributed by atoms with E-state index in [1.807, 2.05) is 71.6 Å². The van der Waals surface area contributed by atoms with Crippen molar-refractivity contribution in [3.05, 3.63) is 90.1 Å². The lowest BCUT2D eigenvalue weighted by atomic mass is 10.0. The Balaban J connectivity index is 1.06. The maximum Gasteiger partial charge on any atom is 0.250 e. The van der Waals surface area contributed by atoms with E-state index in [4.69, 9.17) is 14.4 Å². The molecule has 11 nitrogen and oxygen atoms in total. The summed E-state index contributed by atoms with van der Waals surface area (Å²) < 4.78 is 6.30. The van der Waals surface area contributed by atoms with Gasteiger partial charge in [-0.15, -0.1) is 0 Å². The second-order valence-electron chi connectivity index (χ2n) is 12.1. The van der Waals surface area contributed by atoms with E-state index in [9.17, 15) is 9.59 Å². The second-order valence-corrected chi connectivity index (χ2v) is 12.1. The van der Waals surface area contributed by atoms with Crippen molar-refractivity contribution in [3.8, 4) is 22.8 Å². The van der Waals surface area contributed by atoms with Crippen molar-refractivity contribution in [3.63, 3.8) is 0 Å². The molecular formula is C35H34N8O3. The molecule has 0 spiro atoms. The van der Waals surface area contributed by atoms with Crippen molar-refractivity contribution >= 4 is 33.9 Å². The minimum Gasteiger partial charge on any atom is -0.436 e. The Morgan fingerprint density at radius 1 is 0.957 bits per heavy atom. The molecule has 0 saturated carbocycles. The second kappa shape index (κ2) is 11.6. The fourth-order valence-corrected chi connectivity index (χ4v) is 6.79. The molecule has 4 N–H and O–H groups in total. The summed E-state index contributed by atoms with van der Waals surface area (Å²) in [6.07, 6.45) is 5.57. The topological polar surface area (TPSA) is 145 Å². The molecule has 2 amide bonds. The Kier molecular flexibility index (Phi) is 7.09. The normalized spacial score (nSPS) is 18.8. The van der Waals surface area contributed by atoms with E-state index in [1.165, 1.54) is 6.92 Å². The van der Waals surface area contributed by atoms with Crippen LogP contribution in [0.2, 0.25) is 0 Å². The third kappa shape index (κ3) is 5.12. The molecule has 232 valence electrons. The van der Waals surface area contributed by atoms with Crippen molar-refractivity contribution in [2.45, 2.75) is 50.7 Å². The molecule has 0 radical (unpaired) electrons. The molecule has 3 aromatic carbocycles. The van der Waals surface area contributed by atoms with Gasteiger partial charge in [0.2, 0.25) is 17.7 Å². The fraction of sp³-hybridized carbons (Fsp3) is 0.286. The first kappa shape index (κ1) is 28.2. The molecular weight excluding hydrogens is 580 g/mol. The van der Waals surface area contributed by atoms with Gasteiger partial charge in [-0.05, 0) is 68.1 Å². The van der Waals surface area contributed by atoms with Gasteiger partial charge < -0.3 is 29.9 Å². The number of benzene rings is 3. The Labute approximate surface area is 264 Å². The van der Waals surface area contributed by atoms with Crippen LogP contribution in [0.4, 0.5) is 0 Å². The molecule has 11 heteroatoms. The average Bonchev–Trinajstić information content (AvgIpc) is 3.91. The maximum absolute atomic E-state index is 13.8. The molecule has 0 aliphatic carbocycles. The number of nitrogens with one attached hydrogen (secondary N) is 4. The zero-order valence-corrected chi connectivity index (χ0v) is 25.4. The van der Waals surface area contributed by atoms with Crippen molar-refractivity contribution in [2.75, 3.05) is 13.1 Å². The van der Waals surface area contributed by atoms with Gasteiger partial charge >= 0.3 is 0 Å². The van der Waals surface area contributed by atoms with Gasteiger partial charge in [-0.3, -0.25) is 9.59 Å². The highest BCUT2D eigenvalue weighted by molar-refractivity contribution is 5.90. The summed E-state index contributed by atoms with van der Waals surface area (Å²) in [7, 11) is 0. The third-order valence-electron chi connectivity index (χ3n) is 9.02. The summed E-state index contributed by atoms with van der Waals surface area (Å²) in [6.45, 7) is 3.03. The number of nitrogens with zero attached hydrogens (tertiary/aromatic N) is 4. The number of rotatable bonds is 7. The van der Waals surface area contributed by atoms with Crippen LogP contribution < -0.4 is 10.6 Å². The lowest BCUT2D eigenvalue weighted by Crippen LogP contribution is -2.42. The van der Waals surface area contributed by atoms with Crippen molar-refractivity contribution < 1.29 is 14.0 Å². The molecule has 0 bridgehead atoms. The summed E-state index contributed by atoms with van der Waals surface area (Å²) in [6, 6.07) is 20.5. The molecule has 2 saturated heterocycles. The van der Waals surface area contributed by atoms with Gasteiger partial charge in [0, 0.05) is 19.0 Å². The molecule has 2 aliphatic heterocycles. The van der Waals surface area contributed by atoms with Crippen molar-refractivity contribution in [1.82, 2.24) is 40.5 Å². The van der Waals surface area contributed by atoms with E-state index < -0.39 is 6.04 Å². The first-order valence-corrected chi connectivity index (χ1v) is 15.8. The third-order valence-corrected chi connectivity index (χ3v) is 9.02. The van der Waals surface area contributed by atoms with E-state index >= 15 is 0 Å². The highest BCUT2D eigenvalue weighted by Crippen LogP contribution is 2.36. The standard InChI is InChI=1S/C35H34N8O3/c1-20(44)38-30(21-8-3-2-4-9-21)35(45)43-17-7-13-28(43)33-39-24-15-14-22(18-27(24)41-33)29-19-37-34(46-29)23-10-5-11-25-31(23)42-32(40-25)26-12-6-16-36-26/h2-5,8-11,14-15,18-19,26,28,30,36H,6-7,12-13,16-17H2,1H3,(H,38,44)(H,39,41)(H,40,42)/t26-,28-,30+/m0/s1. The first-order valence-electron chi connectivity index (χ1n) is 15.8. The van der Waals surface area contributed by atoms with E-state index in [0.29, 0.717) is 18.2 Å². The highest BCUT2D eigenvalue weighted by atomic mass is 16.4. The number of carbonyl (C=O) groups is 2. The molecule has 2 aliphatic rings. The summed E-state index contributed by atoms with van der Waals surface area (Å²) in [5.41, 5.74) is 5.88. The number of likely N-dealkylation sites (tertiary alicyclic amines) is 1. The lowest BCUT2D eigenvalue weighted by Gasteiger charge is -2.28. The zero-order chi connectivity index (χ0) is 31.2. The minimum atomic E-state index is -0.755. The van der Waals surface area contributed by atoms with E-state index in [-0.39, 0.29) is 23.9 Å². The smallest absolute Gasteiger partial charge is 0.250 e. The Morgan fingerprint density at radius 3 is 2.65 bits per heavy atom. The Morgan fingerprint density at radius 2 is 1.83 bits per heavy atom. The van der Waals surface area contributed by atoms with Gasteiger partial charge in [0.15, 0.2) is 5.76 Å². The fourth-order valence-electron chi connectivity index (χ4n) is 6.79. The number of fused-ring (bicyclic) bond motifs is 2. The van der Waals surface area contributed by atoms with Gasteiger partial charge in [-0.2, -0.15) is 0 Å². The van der Waals surface area contributed by atoms with E-state index in [2.05, 4.69) is 25.6 Å². The van der Waals surface area contributed by atoms with Gasteiger partial charge in [-0.25, -0.2) is 15.0 Å². The molecule has 3 atom stereocenters. The van der Waals surface area contributed by atoms with Crippen molar-refractivity contribution in [2.24, 2.45) is 0 Å². The molecule has 8 rings (SSSR count). The predicted molar refractivity (Wildman–Crippen MR) is 173 cm³/mol. The number of para-hydroxylation sites is 1. The number of H-pyrrole nitrogens is 2. The molecule has 5 heterocycles. The van der Waals surface area contributed by atoms with Crippen LogP contribution in [0.25, 0.3) is 44.8 Å². The monoisotopic (exact) mass is 614 g/mol. The van der Waals surface area contributed by atoms with Crippen LogP contribution in [-0.2, 0) is 9.59 Å². The predicted octanol–water partition coefficient (Wildman–Crippen LogP) is 5.73. The zero-order valence-electron chi connectivity index (χ0n) is 25.4. The van der Waals surface area contributed by atoms with Crippen molar-refractivity contribution in [1.29, 1.82) is 0 Å². The summed E-state index contributed by atoms with van der Waals surface area (Å²) in [4.78, 5) is 49.1. The highest BCUT2D eigenvalue weighted by Gasteiger charge is 2.36. The summed E-state index contributed by atoms with van der Waals surface area (Å²) in [5.74, 6) is 2.41. The Bertz CT molecular complexity index is 2060. The van der Waals surface area contributed by atoms with Crippen LogP contribution in [-0.4, -0.2) is 54.7 Å². The van der Waals surface area contributed by atoms with Gasteiger partial charge in [-0.1, -0.05) is 36.4 Å². The van der Waals surface area contributed by atoms with Crippen LogP contribution in [0.1, 0.15) is 67.9 Å². The average molecular weight is 615 g/mol. The SMILES string of the molecule is CC(=O)N[C@@H](C(=O)N1CCC[C@H]1c1nc2cc(-c3cnc(-c4cccc5[nH]c([C@@H]6CCCN6)nc45)o3)ccc2[nH]1)c1ccccc1. The lowest BCUT2D eigenvalue weighted by molar-refractivity contribution is -0.137. The number of oxazole rings is 1. The van der Waals surface area contributed by atoms with Crippen LogP contribution in [0.5, 0.6) is 0 Å². The summed E-state index contributed by atoms with van der Waals surface area (Å²) >= 11 is 0. The van der Waals surface area contributed by atoms with Gasteiger partial charge in [0.1, 0.15) is 23.2 Å². The summed E-state index contributed by atoms with van der Waals surface area (Å²) in [5, 5.41) is 6.35. The van der Waals surface area contributed by atoms with E-state index in [0.717, 1.165) is 82.6 Å². The number of imidazole rings is 2. The number of aromatic amines is 2. The Hall–Kier alpha value is -5.29. The molecule has 3 aromatic heterocycles. The minimum absolute atomic E-state index is 0.141.